The largest absolute Gasteiger partial charge is 0.327 e. The van der Waals surface area contributed by atoms with E-state index in [1.807, 2.05) is 6.07 Å². The predicted octanol–water partition coefficient (Wildman–Crippen LogP) is 1.48. The van der Waals surface area contributed by atoms with Crippen LogP contribution in [0.15, 0.2) is 41.5 Å². The number of nitriles is 1. The van der Waals surface area contributed by atoms with Gasteiger partial charge in [-0.05, 0) is 24.6 Å². The van der Waals surface area contributed by atoms with Gasteiger partial charge < -0.3 is 9.88 Å². The molecule has 0 saturated carbocycles. The van der Waals surface area contributed by atoms with Crippen molar-refractivity contribution < 1.29 is 4.79 Å². The van der Waals surface area contributed by atoms with Crippen molar-refractivity contribution in [2.45, 2.75) is 19.4 Å². The summed E-state index contributed by atoms with van der Waals surface area (Å²) in [5.74, 6) is -0.130. The number of carbonyl (C=O) groups is 1. The number of amides is 1. The molecule has 0 unspecified atom stereocenters. The number of nitrogens with zero attached hydrogens (tertiary/aromatic N) is 3. The lowest BCUT2D eigenvalue weighted by molar-refractivity contribution is -0.116. The average molecular weight is 284 g/mol. The molecule has 1 heterocycles. The number of anilines is 1. The van der Waals surface area contributed by atoms with E-state index in [9.17, 15) is 9.59 Å². The van der Waals surface area contributed by atoms with Gasteiger partial charge >= 0.3 is 5.69 Å². The molecule has 0 bridgehead atoms. The van der Waals surface area contributed by atoms with E-state index < -0.39 is 0 Å². The zero-order valence-corrected chi connectivity index (χ0v) is 11.7. The van der Waals surface area contributed by atoms with Crippen molar-refractivity contribution in [3.8, 4) is 6.07 Å². The predicted molar refractivity (Wildman–Crippen MR) is 78.7 cm³/mol. The second-order valence-electron chi connectivity index (χ2n) is 4.73. The van der Waals surface area contributed by atoms with E-state index in [2.05, 4.69) is 5.32 Å². The van der Waals surface area contributed by atoms with Crippen LogP contribution in [0.3, 0.4) is 0 Å². The van der Waals surface area contributed by atoms with Crippen molar-refractivity contribution >= 4 is 11.6 Å². The van der Waals surface area contributed by atoms with Crippen LogP contribution in [0.5, 0.6) is 0 Å². The molecule has 0 spiro atoms. The van der Waals surface area contributed by atoms with Crippen LogP contribution in [0.4, 0.5) is 5.69 Å². The molecule has 0 aliphatic rings. The van der Waals surface area contributed by atoms with Crippen molar-refractivity contribution in [1.29, 1.82) is 5.26 Å². The third-order valence-corrected chi connectivity index (χ3v) is 3.10. The number of aryl methyl sites for hydroxylation is 2. The van der Waals surface area contributed by atoms with Gasteiger partial charge in [-0.2, -0.15) is 5.26 Å². The fourth-order valence-electron chi connectivity index (χ4n) is 1.98. The van der Waals surface area contributed by atoms with E-state index in [1.54, 1.807) is 48.3 Å². The summed E-state index contributed by atoms with van der Waals surface area (Å²) < 4.78 is 3.07. The molecule has 0 aliphatic carbocycles. The van der Waals surface area contributed by atoms with Gasteiger partial charge in [0.2, 0.25) is 5.91 Å². The van der Waals surface area contributed by atoms with Crippen molar-refractivity contribution in [2.24, 2.45) is 7.05 Å². The number of imidazole rings is 1. The molecule has 108 valence electrons. The summed E-state index contributed by atoms with van der Waals surface area (Å²) in [4.78, 5) is 23.4. The van der Waals surface area contributed by atoms with Crippen LogP contribution in [-0.2, 0) is 18.4 Å². The Balaban J connectivity index is 1.84. The molecule has 21 heavy (non-hydrogen) atoms. The highest BCUT2D eigenvalue weighted by Crippen LogP contribution is 2.10. The Morgan fingerprint density at radius 1 is 1.38 bits per heavy atom. The molecule has 1 aromatic heterocycles. The molecule has 0 atom stereocenters. The number of nitrogens with one attached hydrogen (secondary N) is 1. The third-order valence-electron chi connectivity index (χ3n) is 3.10. The molecule has 6 nitrogen and oxygen atoms in total. The molecule has 0 radical (unpaired) electrons. The lowest BCUT2D eigenvalue weighted by atomic mass is 10.2. The Labute approximate surface area is 122 Å². The first-order valence-electron chi connectivity index (χ1n) is 6.62. The van der Waals surface area contributed by atoms with Gasteiger partial charge in [-0.1, -0.05) is 6.07 Å². The first-order valence-corrected chi connectivity index (χ1v) is 6.62. The second kappa shape index (κ2) is 6.57. The third kappa shape index (κ3) is 3.83. The normalized spacial score (nSPS) is 10.1. The first kappa shape index (κ1) is 14.6. The summed E-state index contributed by atoms with van der Waals surface area (Å²) in [5, 5.41) is 11.5. The number of hydrogen-bond acceptors (Lipinski definition) is 3. The smallest absolute Gasteiger partial charge is 0.326 e. The number of aromatic nitrogens is 2. The molecule has 0 fully saturated rings. The summed E-state index contributed by atoms with van der Waals surface area (Å²) in [6.07, 6.45) is 4.29. The lowest BCUT2D eigenvalue weighted by Gasteiger charge is -2.05. The topological polar surface area (TPSA) is 79.8 Å². The Morgan fingerprint density at radius 2 is 2.19 bits per heavy atom. The summed E-state index contributed by atoms with van der Waals surface area (Å²) in [7, 11) is 1.69. The maximum Gasteiger partial charge on any atom is 0.327 e. The Kier molecular flexibility index (Phi) is 4.57. The van der Waals surface area contributed by atoms with Crippen LogP contribution in [0.1, 0.15) is 18.4 Å². The highest BCUT2D eigenvalue weighted by Gasteiger charge is 2.05. The molecular formula is C15H16N4O2. The van der Waals surface area contributed by atoms with Crippen LogP contribution >= 0.6 is 0 Å². The summed E-state index contributed by atoms with van der Waals surface area (Å²) in [6.45, 7) is 0.505. The SMILES string of the molecule is Cn1ccn(CCCC(=O)Nc2cccc(C#N)c2)c1=O. The van der Waals surface area contributed by atoms with E-state index in [0.717, 1.165) is 0 Å². The lowest BCUT2D eigenvalue weighted by Crippen LogP contribution is -2.22. The zero-order chi connectivity index (χ0) is 15.2. The van der Waals surface area contributed by atoms with E-state index in [1.165, 1.54) is 4.57 Å². The fraction of sp³-hybridized carbons (Fsp3) is 0.267. The van der Waals surface area contributed by atoms with Crippen LogP contribution in [0.25, 0.3) is 0 Å². The average Bonchev–Trinajstić information content (AvgIpc) is 2.79. The maximum absolute atomic E-state index is 11.8. The van der Waals surface area contributed by atoms with Crippen molar-refractivity contribution in [3.05, 3.63) is 52.7 Å². The zero-order valence-electron chi connectivity index (χ0n) is 11.7. The van der Waals surface area contributed by atoms with Crippen molar-refractivity contribution in [2.75, 3.05) is 5.32 Å². The minimum Gasteiger partial charge on any atom is -0.326 e. The van der Waals surface area contributed by atoms with E-state index >= 15 is 0 Å². The Morgan fingerprint density at radius 3 is 2.86 bits per heavy atom. The molecule has 6 heteroatoms. The number of rotatable bonds is 5. The van der Waals surface area contributed by atoms with Gasteiger partial charge in [0.15, 0.2) is 0 Å². The molecule has 0 aliphatic heterocycles. The van der Waals surface area contributed by atoms with Crippen molar-refractivity contribution in [3.63, 3.8) is 0 Å². The maximum atomic E-state index is 11.8. The second-order valence-corrected chi connectivity index (χ2v) is 4.73. The van der Waals surface area contributed by atoms with Gasteiger partial charge in [0.1, 0.15) is 0 Å². The summed E-state index contributed by atoms with van der Waals surface area (Å²) in [6, 6.07) is 8.78. The highest BCUT2D eigenvalue weighted by atomic mass is 16.2. The van der Waals surface area contributed by atoms with Gasteiger partial charge in [-0.3, -0.25) is 9.36 Å². The van der Waals surface area contributed by atoms with E-state index in [4.69, 9.17) is 5.26 Å². The molecule has 0 saturated heterocycles. The molecule has 2 aromatic rings. The van der Waals surface area contributed by atoms with Crippen LogP contribution in [-0.4, -0.2) is 15.0 Å². The van der Waals surface area contributed by atoms with Gasteiger partial charge in [-0.15, -0.1) is 0 Å². The highest BCUT2D eigenvalue weighted by molar-refractivity contribution is 5.90. The minimum absolute atomic E-state index is 0.0860. The molecule has 1 aromatic carbocycles. The van der Waals surface area contributed by atoms with Gasteiger partial charge in [0.25, 0.3) is 0 Å². The minimum atomic E-state index is -0.130. The van der Waals surface area contributed by atoms with Crippen molar-refractivity contribution in [1.82, 2.24) is 9.13 Å². The molecule has 1 N–H and O–H groups in total. The number of carbonyl (C=O) groups excluding carboxylic acids is 1. The Bertz CT molecular complexity index is 737. The van der Waals surface area contributed by atoms with Crippen LogP contribution in [0, 0.1) is 11.3 Å². The van der Waals surface area contributed by atoms with Gasteiger partial charge in [0.05, 0.1) is 11.6 Å². The quantitative estimate of drug-likeness (QED) is 0.903. The molecule has 1 amide bonds. The summed E-state index contributed by atoms with van der Waals surface area (Å²) in [5.41, 5.74) is 1.02. The molecule has 2 rings (SSSR count). The monoisotopic (exact) mass is 284 g/mol. The number of benzene rings is 1. The van der Waals surface area contributed by atoms with Gasteiger partial charge in [0, 0.05) is 38.1 Å². The van der Waals surface area contributed by atoms with Crippen LogP contribution in [0.2, 0.25) is 0 Å². The van der Waals surface area contributed by atoms with E-state index in [-0.39, 0.29) is 11.6 Å². The fourth-order valence-corrected chi connectivity index (χ4v) is 1.98. The van der Waals surface area contributed by atoms with E-state index in [0.29, 0.717) is 30.6 Å². The first-order chi connectivity index (χ1) is 10.1. The summed E-state index contributed by atoms with van der Waals surface area (Å²) >= 11 is 0. The number of hydrogen-bond donors (Lipinski definition) is 1. The standard InChI is InChI=1S/C15H16N4O2/c1-18-8-9-19(15(18)21)7-3-6-14(20)17-13-5-2-4-12(10-13)11-16/h2,4-5,8-10H,3,6-7H2,1H3,(H,17,20). The van der Waals surface area contributed by atoms with Crippen LogP contribution < -0.4 is 11.0 Å². The van der Waals surface area contributed by atoms with Gasteiger partial charge in [-0.25, -0.2) is 4.79 Å². The molecular weight excluding hydrogens is 268 g/mol. The Hall–Kier alpha value is -2.81.